The van der Waals surface area contributed by atoms with Crippen LogP contribution < -0.4 is 0 Å². The summed E-state index contributed by atoms with van der Waals surface area (Å²) in [6.45, 7) is 0. The molecule has 0 aliphatic carbocycles. The van der Waals surface area contributed by atoms with Gasteiger partial charge in [-0.2, -0.15) is 9.97 Å². The summed E-state index contributed by atoms with van der Waals surface area (Å²) in [5.74, 6) is 1.77. The molecule has 0 saturated heterocycles. The highest BCUT2D eigenvalue weighted by Gasteiger charge is 2.28. The van der Waals surface area contributed by atoms with Crippen molar-refractivity contribution in [3.63, 3.8) is 0 Å². The van der Waals surface area contributed by atoms with Gasteiger partial charge in [0.25, 0.3) is 0 Å². The van der Waals surface area contributed by atoms with Gasteiger partial charge in [-0.05, 0) is 30.3 Å². The third kappa shape index (κ3) is 4.01. The van der Waals surface area contributed by atoms with Gasteiger partial charge in [-0.3, -0.25) is 4.57 Å². The first-order chi connectivity index (χ1) is 25.3. The molecule has 4 aromatic heterocycles. The molecule has 0 aliphatic heterocycles. The molecule has 6 nitrogen and oxygen atoms in total. The van der Waals surface area contributed by atoms with Crippen LogP contribution in [0.3, 0.4) is 0 Å². The largest absolute Gasteiger partial charge is 0.454 e. The first-order valence-corrected chi connectivity index (χ1v) is 17.1. The second kappa shape index (κ2) is 10.7. The predicted octanol–water partition coefficient (Wildman–Crippen LogP) is 11.3. The Balaban J connectivity index is 1.40. The molecule has 6 heteroatoms. The topological polar surface area (TPSA) is 61.7 Å². The van der Waals surface area contributed by atoms with E-state index in [2.05, 4.69) is 106 Å². The minimum Gasteiger partial charge on any atom is -0.454 e. The molecule has 4 heterocycles. The molecule has 0 aliphatic rings. The molecular weight excluding hydrogens is 627 g/mol. The fourth-order valence-electron chi connectivity index (χ4n) is 7.84. The monoisotopic (exact) mass is 653 g/mol. The molecule has 0 spiro atoms. The summed E-state index contributed by atoms with van der Waals surface area (Å²) in [6, 6.07) is 56.4. The molecule has 238 valence electrons. The van der Waals surface area contributed by atoms with Gasteiger partial charge < -0.3 is 8.98 Å². The molecule has 0 N–H and O–H groups in total. The van der Waals surface area contributed by atoms with E-state index >= 15 is 0 Å². The lowest BCUT2D eigenvalue weighted by Crippen LogP contribution is -2.06. The van der Waals surface area contributed by atoms with E-state index in [1.54, 1.807) is 0 Å². The van der Waals surface area contributed by atoms with E-state index in [0.29, 0.717) is 17.6 Å². The number of aromatic nitrogens is 5. The molecular formula is C45H27N5O. The number of hydrogen-bond donors (Lipinski definition) is 0. The normalized spacial score (nSPS) is 11.9. The Bertz CT molecular complexity index is 3060. The van der Waals surface area contributed by atoms with Gasteiger partial charge in [0.2, 0.25) is 5.95 Å². The Kier molecular flexibility index (Phi) is 5.86. The second-order valence-electron chi connectivity index (χ2n) is 12.8. The maximum atomic E-state index is 6.95. The van der Waals surface area contributed by atoms with Crippen LogP contribution in [0.25, 0.3) is 100.0 Å². The van der Waals surface area contributed by atoms with E-state index in [4.69, 9.17) is 19.4 Å². The molecule has 0 amide bonds. The average Bonchev–Trinajstić information content (AvgIpc) is 3.87. The zero-order valence-corrected chi connectivity index (χ0v) is 27.2. The van der Waals surface area contributed by atoms with E-state index in [9.17, 15) is 0 Å². The van der Waals surface area contributed by atoms with Crippen LogP contribution in [-0.2, 0) is 0 Å². The van der Waals surface area contributed by atoms with Crippen LogP contribution in [0.2, 0.25) is 0 Å². The zero-order valence-electron chi connectivity index (χ0n) is 27.2. The number of nitrogens with zero attached hydrogens (tertiary/aromatic N) is 5. The molecule has 0 unspecified atom stereocenters. The van der Waals surface area contributed by atoms with Crippen molar-refractivity contribution in [1.82, 2.24) is 24.1 Å². The number of benzene rings is 7. The van der Waals surface area contributed by atoms with Crippen LogP contribution in [0.5, 0.6) is 0 Å². The molecule has 7 aromatic carbocycles. The highest BCUT2D eigenvalue weighted by Crippen LogP contribution is 2.49. The number of fused-ring (bicyclic) bond motifs is 12. The maximum absolute atomic E-state index is 6.95. The van der Waals surface area contributed by atoms with Gasteiger partial charge in [0, 0.05) is 43.7 Å². The standard InChI is InChI=1S/C45H27N5O/c1-4-16-28(17-5-1)43-46-44(29-18-6-2-7-19-29)48-45(47-43)50-35-26-14-11-23-32(35)37-38-31-22-10-13-25-34(31)49(30-20-8-3-9-21-30)41(38)42-39(40(37)50)33-24-12-15-27-36(33)51-42/h1-27H. The van der Waals surface area contributed by atoms with Crippen molar-refractivity contribution in [3.05, 3.63) is 164 Å². The van der Waals surface area contributed by atoms with Crippen molar-refractivity contribution < 1.29 is 4.42 Å². The van der Waals surface area contributed by atoms with E-state index < -0.39 is 0 Å². The number of rotatable bonds is 4. The lowest BCUT2D eigenvalue weighted by molar-refractivity contribution is 0.671. The zero-order chi connectivity index (χ0) is 33.5. The summed E-state index contributed by atoms with van der Waals surface area (Å²) in [4.78, 5) is 15.5. The minimum absolute atomic E-state index is 0.548. The van der Waals surface area contributed by atoms with Crippen LogP contribution in [0.4, 0.5) is 0 Å². The quantitative estimate of drug-likeness (QED) is 0.190. The number of para-hydroxylation sites is 4. The Hall–Kier alpha value is -7.05. The molecule has 0 saturated carbocycles. The van der Waals surface area contributed by atoms with E-state index in [-0.39, 0.29) is 0 Å². The molecule has 0 bridgehead atoms. The minimum atomic E-state index is 0.548. The average molecular weight is 654 g/mol. The Morgan fingerprint density at radius 3 is 1.51 bits per heavy atom. The van der Waals surface area contributed by atoms with Crippen molar-refractivity contribution in [1.29, 1.82) is 0 Å². The molecule has 11 aromatic rings. The van der Waals surface area contributed by atoms with Crippen LogP contribution in [-0.4, -0.2) is 24.1 Å². The SMILES string of the molecule is c1ccc(-c2nc(-c3ccccc3)nc(-n3c4ccccc4c4c5c6ccccc6n(-c6ccccc6)c5c5oc6ccccc6c5c43)n2)cc1. The number of hydrogen-bond acceptors (Lipinski definition) is 4. The molecule has 0 atom stereocenters. The van der Waals surface area contributed by atoms with Gasteiger partial charge in [-0.25, -0.2) is 4.98 Å². The van der Waals surface area contributed by atoms with E-state index in [0.717, 1.165) is 82.4 Å². The molecule has 0 radical (unpaired) electrons. The molecule has 0 fully saturated rings. The summed E-state index contributed by atoms with van der Waals surface area (Å²) in [7, 11) is 0. The van der Waals surface area contributed by atoms with Crippen molar-refractivity contribution in [2.45, 2.75) is 0 Å². The lowest BCUT2D eigenvalue weighted by atomic mass is 10.0. The summed E-state index contributed by atoms with van der Waals surface area (Å²) >= 11 is 0. The highest BCUT2D eigenvalue weighted by atomic mass is 16.3. The number of furan rings is 1. The first-order valence-electron chi connectivity index (χ1n) is 17.1. The first kappa shape index (κ1) is 27.9. The lowest BCUT2D eigenvalue weighted by Gasteiger charge is -2.12. The highest BCUT2D eigenvalue weighted by molar-refractivity contribution is 6.39. The summed E-state index contributed by atoms with van der Waals surface area (Å²) in [5, 5.41) is 6.59. The van der Waals surface area contributed by atoms with Crippen molar-refractivity contribution >= 4 is 65.6 Å². The van der Waals surface area contributed by atoms with E-state index in [1.165, 1.54) is 0 Å². The third-order valence-electron chi connectivity index (χ3n) is 9.95. The Morgan fingerprint density at radius 2 is 0.882 bits per heavy atom. The summed E-state index contributed by atoms with van der Waals surface area (Å²) in [5.41, 5.74) is 8.73. The van der Waals surface area contributed by atoms with Crippen LogP contribution >= 0.6 is 0 Å². The Morgan fingerprint density at radius 1 is 0.392 bits per heavy atom. The molecule has 51 heavy (non-hydrogen) atoms. The predicted molar refractivity (Wildman–Crippen MR) is 207 cm³/mol. The van der Waals surface area contributed by atoms with Crippen LogP contribution in [0.1, 0.15) is 0 Å². The third-order valence-corrected chi connectivity index (χ3v) is 9.95. The summed E-state index contributed by atoms with van der Waals surface area (Å²) in [6.07, 6.45) is 0. The molecule has 11 rings (SSSR count). The van der Waals surface area contributed by atoms with Crippen molar-refractivity contribution in [3.8, 4) is 34.4 Å². The van der Waals surface area contributed by atoms with Gasteiger partial charge >= 0.3 is 0 Å². The Labute approximate surface area is 291 Å². The van der Waals surface area contributed by atoms with Crippen molar-refractivity contribution in [2.24, 2.45) is 0 Å². The van der Waals surface area contributed by atoms with Crippen LogP contribution in [0.15, 0.2) is 168 Å². The van der Waals surface area contributed by atoms with Crippen molar-refractivity contribution in [2.75, 3.05) is 0 Å². The van der Waals surface area contributed by atoms with Crippen LogP contribution in [0, 0.1) is 0 Å². The van der Waals surface area contributed by atoms with Gasteiger partial charge in [-0.1, -0.05) is 133 Å². The van der Waals surface area contributed by atoms with Gasteiger partial charge in [-0.15, -0.1) is 0 Å². The van der Waals surface area contributed by atoms with Gasteiger partial charge in [0.15, 0.2) is 17.2 Å². The summed E-state index contributed by atoms with van der Waals surface area (Å²) < 4.78 is 11.5. The van der Waals surface area contributed by atoms with Gasteiger partial charge in [0.05, 0.1) is 27.5 Å². The smallest absolute Gasteiger partial charge is 0.238 e. The van der Waals surface area contributed by atoms with E-state index in [1.807, 2.05) is 66.7 Å². The van der Waals surface area contributed by atoms with Gasteiger partial charge in [0.1, 0.15) is 5.58 Å². The fraction of sp³-hybridized carbons (Fsp3) is 0. The second-order valence-corrected chi connectivity index (χ2v) is 12.8. The fourth-order valence-corrected chi connectivity index (χ4v) is 7.84. The maximum Gasteiger partial charge on any atom is 0.238 e.